The van der Waals surface area contributed by atoms with Crippen molar-refractivity contribution in [3.63, 3.8) is 0 Å². The van der Waals surface area contributed by atoms with Gasteiger partial charge >= 0.3 is 0 Å². The zero-order valence-electron chi connectivity index (χ0n) is 15.4. The highest BCUT2D eigenvalue weighted by Gasteiger charge is 2.30. The molecule has 1 heterocycles. The zero-order chi connectivity index (χ0) is 18.6. The predicted molar refractivity (Wildman–Crippen MR) is 103 cm³/mol. The molecule has 4 nitrogen and oxygen atoms in total. The van der Waals surface area contributed by atoms with E-state index >= 15 is 0 Å². The Morgan fingerprint density at radius 1 is 1.04 bits per heavy atom. The van der Waals surface area contributed by atoms with Gasteiger partial charge in [-0.15, -0.1) is 11.3 Å². The Morgan fingerprint density at radius 2 is 1.72 bits per heavy atom. The summed E-state index contributed by atoms with van der Waals surface area (Å²) in [5, 5.41) is 7.72. The second-order valence-electron chi connectivity index (χ2n) is 7.34. The van der Waals surface area contributed by atoms with Crippen LogP contribution in [0.15, 0.2) is 41.8 Å². The van der Waals surface area contributed by atoms with Gasteiger partial charge in [-0.1, -0.05) is 51.1 Å². The monoisotopic (exact) mass is 358 g/mol. The average Bonchev–Trinajstić information content (AvgIpc) is 3.06. The molecule has 0 aliphatic rings. The molecule has 2 atom stereocenters. The lowest BCUT2D eigenvalue weighted by Crippen LogP contribution is -2.48. The Kier molecular flexibility index (Phi) is 6.01. The van der Waals surface area contributed by atoms with E-state index in [4.69, 9.17) is 0 Å². The van der Waals surface area contributed by atoms with Gasteiger partial charge in [0.2, 0.25) is 5.91 Å². The summed E-state index contributed by atoms with van der Waals surface area (Å²) >= 11 is 1.36. The van der Waals surface area contributed by atoms with E-state index in [9.17, 15) is 9.59 Å². The SMILES string of the molecule is Cc1ccccc1C(NC(=O)C(C)NC(=O)c1cccs1)C(C)(C)C. The fraction of sp³-hybridized carbons (Fsp3) is 0.400. The zero-order valence-corrected chi connectivity index (χ0v) is 16.2. The van der Waals surface area contributed by atoms with Crippen LogP contribution in [0.5, 0.6) is 0 Å². The van der Waals surface area contributed by atoms with Gasteiger partial charge in [0.1, 0.15) is 6.04 Å². The van der Waals surface area contributed by atoms with Gasteiger partial charge < -0.3 is 10.6 Å². The summed E-state index contributed by atoms with van der Waals surface area (Å²) in [5.41, 5.74) is 2.08. The Bertz CT molecular complexity index is 732. The molecule has 0 aliphatic heterocycles. The minimum atomic E-state index is -0.608. The maximum Gasteiger partial charge on any atom is 0.261 e. The van der Waals surface area contributed by atoms with Gasteiger partial charge in [-0.05, 0) is 41.8 Å². The molecule has 2 amide bonds. The highest BCUT2D eigenvalue weighted by molar-refractivity contribution is 7.12. The largest absolute Gasteiger partial charge is 0.347 e. The number of aryl methyl sites for hydroxylation is 1. The third-order valence-corrected chi connectivity index (χ3v) is 5.01. The van der Waals surface area contributed by atoms with Crippen LogP contribution in [0.2, 0.25) is 0 Å². The highest BCUT2D eigenvalue weighted by atomic mass is 32.1. The molecule has 1 aromatic carbocycles. The number of carbonyl (C=O) groups is 2. The number of nitrogens with one attached hydrogen (secondary N) is 2. The molecule has 134 valence electrons. The molecule has 2 N–H and O–H groups in total. The van der Waals surface area contributed by atoms with Gasteiger partial charge in [-0.25, -0.2) is 0 Å². The summed E-state index contributed by atoms with van der Waals surface area (Å²) in [5.74, 6) is -0.408. The van der Waals surface area contributed by atoms with Crippen molar-refractivity contribution in [1.29, 1.82) is 0 Å². The van der Waals surface area contributed by atoms with Crippen LogP contribution in [0.25, 0.3) is 0 Å². The van der Waals surface area contributed by atoms with Crippen LogP contribution in [-0.4, -0.2) is 17.9 Å². The fourth-order valence-corrected chi connectivity index (χ4v) is 3.31. The molecule has 0 bridgehead atoms. The lowest BCUT2D eigenvalue weighted by molar-refractivity contribution is -0.124. The second kappa shape index (κ2) is 7.83. The van der Waals surface area contributed by atoms with Crippen LogP contribution in [0.3, 0.4) is 0 Å². The summed E-state index contributed by atoms with van der Waals surface area (Å²) < 4.78 is 0. The van der Waals surface area contributed by atoms with Gasteiger partial charge in [0, 0.05) is 0 Å². The van der Waals surface area contributed by atoms with Crippen molar-refractivity contribution in [2.45, 2.75) is 46.7 Å². The quantitative estimate of drug-likeness (QED) is 0.846. The third-order valence-electron chi connectivity index (χ3n) is 4.14. The van der Waals surface area contributed by atoms with Crippen molar-refractivity contribution in [2.75, 3.05) is 0 Å². The number of rotatable bonds is 5. The second-order valence-corrected chi connectivity index (χ2v) is 8.28. The lowest BCUT2D eigenvalue weighted by atomic mass is 9.80. The molecule has 2 aromatic rings. The first kappa shape index (κ1) is 19.2. The molecule has 1 aromatic heterocycles. The Balaban J connectivity index is 2.12. The highest BCUT2D eigenvalue weighted by Crippen LogP contribution is 2.34. The topological polar surface area (TPSA) is 58.2 Å². The Morgan fingerprint density at radius 3 is 2.28 bits per heavy atom. The predicted octanol–water partition coefficient (Wildman–Crippen LogP) is 4.08. The summed E-state index contributed by atoms with van der Waals surface area (Å²) in [4.78, 5) is 25.4. The van der Waals surface area contributed by atoms with E-state index in [0.717, 1.165) is 11.1 Å². The van der Waals surface area contributed by atoms with E-state index < -0.39 is 6.04 Å². The number of hydrogen-bond donors (Lipinski definition) is 2. The molecule has 5 heteroatoms. The molecule has 2 unspecified atom stereocenters. The van der Waals surface area contributed by atoms with E-state index in [1.165, 1.54) is 11.3 Å². The van der Waals surface area contributed by atoms with Crippen LogP contribution in [0, 0.1) is 12.3 Å². The van der Waals surface area contributed by atoms with E-state index in [1.54, 1.807) is 13.0 Å². The van der Waals surface area contributed by atoms with E-state index in [-0.39, 0.29) is 23.3 Å². The van der Waals surface area contributed by atoms with Crippen LogP contribution < -0.4 is 10.6 Å². The number of benzene rings is 1. The first-order valence-electron chi connectivity index (χ1n) is 8.40. The Labute approximate surface area is 153 Å². The smallest absolute Gasteiger partial charge is 0.261 e. The molecule has 0 radical (unpaired) electrons. The molecule has 0 spiro atoms. The van der Waals surface area contributed by atoms with Crippen LogP contribution in [0.1, 0.15) is 54.5 Å². The summed E-state index contributed by atoms with van der Waals surface area (Å²) in [7, 11) is 0. The van der Waals surface area contributed by atoms with Crippen molar-refractivity contribution >= 4 is 23.2 Å². The lowest BCUT2D eigenvalue weighted by Gasteiger charge is -2.34. The van der Waals surface area contributed by atoms with Gasteiger partial charge in [-0.2, -0.15) is 0 Å². The molecule has 0 saturated carbocycles. The van der Waals surface area contributed by atoms with Crippen molar-refractivity contribution in [3.05, 3.63) is 57.8 Å². The van der Waals surface area contributed by atoms with Gasteiger partial charge in [0.15, 0.2) is 0 Å². The number of hydrogen-bond acceptors (Lipinski definition) is 3. The van der Waals surface area contributed by atoms with Gasteiger partial charge in [-0.3, -0.25) is 9.59 Å². The molecular formula is C20H26N2O2S. The molecule has 0 aliphatic carbocycles. The van der Waals surface area contributed by atoms with Crippen LogP contribution in [0.4, 0.5) is 0 Å². The first-order valence-corrected chi connectivity index (χ1v) is 9.28. The van der Waals surface area contributed by atoms with Crippen molar-refractivity contribution in [1.82, 2.24) is 10.6 Å². The molecule has 0 fully saturated rings. The number of thiophene rings is 1. The first-order chi connectivity index (χ1) is 11.7. The van der Waals surface area contributed by atoms with E-state index in [2.05, 4.69) is 31.4 Å². The number of carbonyl (C=O) groups excluding carboxylic acids is 2. The van der Waals surface area contributed by atoms with Gasteiger partial charge in [0.05, 0.1) is 10.9 Å². The van der Waals surface area contributed by atoms with E-state index in [0.29, 0.717) is 4.88 Å². The molecular weight excluding hydrogens is 332 g/mol. The maximum atomic E-state index is 12.7. The van der Waals surface area contributed by atoms with Crippen LogP contribution in [-0.2, 0) is 4.79 Å². The van der Waals surface area contributed by atoms with Crippen molar-refractivity contribution in [2.24, 2.45) is 5.41 Å². The van der Waals surface area contributed by atoms with Crippen molar-refractivity contribution in [3.8, 4) is 0 Å². The molecule has 2 rings (SSSR count). The molecule has 25 heavy (non-hydrogen) atoms. The normalized spacial score (nSPS) is 13.8. The minimum absolute atomic E-state index is 0.137. The number of amides is 2. The summed E-state index contributed by atoms with van der Waals surface area (Å²) in [6, 6.07) is 10.9. The van der Waals surface area contributed by atoms with Gasteiger partial charge in [0.25, 0.3) is 5.91 Å². The Hall–Kier alpha value is -2.14. The summed E-state index contributed by atoms with van der Waals surface area (Å²) in [6.45, 7) is 10.0. The fourth-order valence-electron chi connectivity index (χ4n) is 2.68. The molecule has 0 saturated heterocycles. The maximum absolute atomic E-state index is 12.7. The van der Waals surface area contributed by atoms with E-state index in [1.807, 2.05) is 42.6 Å². The summed E-state index contributed by atoms with van der Waals surface area (Å²) in [6.07, 6.45) is 0. The van der Waals surface area contributed by atoms with Crippen LogP contribution >= 0.6 is 11.3 Å². The average molecular weight is 359 g/mol. The minimum Gasteiger partial charge on any atom is -0.347 e. The third kappa shape index (κ3) is 4.92. The standard InChI is InChI=1S/C20H26N2O2S/c1-13-9-6-7-10-15(13)17(20(3,4)5)22-18(23)14(2)21-19(24)16-11-8-12-25-16/h6-12,14,17H,1-5H3,(H,21,24)(H,22,23). The van der Waals surface area contributed by atoms with Crippen molar-refractivity contribution < 1.29 is 9.59 Å².